The lowest BCUT2D eigenvalue weighted by molar-refractivity contribution is -0.303. The van der Waals surface area contributed by atoms with E-state index in [1.54, 1.807) is 0 Å². The van der Waals surface area contributed by atoms with Gasteiger partial charge in [-0.1, -0.05) is 205 Å². The average molecular weight is 878 g/mol. The van der Waals surface area contributed by atoms with Gasteiger partial charge in [0.15, 0.2) is 6.29 Å². The SMILES string of the molecule is CCCCCCCCCCCCCCCCc1cccc(CCCCCC(=O)N[C@@H](CO[C@H]2O[C@H](CO)[C@H](O)[C@H](O)[C@H]2O)[C@H](O)[C@H](O)CCCCCCCCCCCCCC)c1. The molecular weight excluding hydrogens is 783 g/mol. The van der Waals surface area contributed by atoms with Gasteiger partial charge in [-0.05, 0) is 49.7 Å². The molecule has 1 heterocycles. The summed E-state index contributed by atoms with van der Waals surface area (Å²) in [5.74, 6) is -0.279. The highest BCUT2D eigenvalue weighted by atomic mass is 16.7. The zero-order chi connectivity index (χ0) is 45.0. The Morgan fingerprint density at radius 3 is 1.52 bits per heavy atom. The van der Waals surface area contributed by atoms with Gasteiger partial charge in [0.25, 0.3) is 0 Å². The smallest absolute Gasteiger partial charge is 0.220 e. The Morgan fingerprint density at radius 1 is 0.613 bits per heavy atom. The molecule has 7 N–H and O–H groups in total. The highest BCUT2D eigenvalue weighted by Crippen LogP contribution is 2.23. The molecule has 0 radical (unpaired) electrons. The molecule has 10 nitrogen and oxygen atoms in total. The lowest BCUT2D eigenvalue weighted by Crippen LogP contribution is -2.60. The molecular formula is C52H95NO9. The zero-order valence-electron chi connectivity index (χ0n) is 39.6. The van der Waals surface area contributed by atoms with Gasteiger partial charge in [-0.3, -0.25) is 4.79 Å². The Hall–Kier alpha value is -1.63. The van der Waals surface area contributed by atoms with E-state index < -0.39 is 55.6 Å². The van der Waals surface area contributed by atoms with Crippen LogP contribution in [-0.4, -0.2) is 98.7 Å². The summed E-state index contributed by atoms with van der Waals surface area (Å²) in [5.41, 5.74) is 2.73. The van der Waals surface area contributed by atoms with Gasteiger partial charge in [0.2, 0.25) is 5.91 Å². The van der Waals surface area contributed by atoms with Gasteiger partial charge in [-0.25, -0.2) is 0 Å². The van der Waals surface area contributed by atoms with Crippen LogP contribution in [0.1, 0.15) is 224 Å². The molecule has 1 aliphatic heterocycles. The van der Waals surface area contributed by atoms with E-state index in [9.17, 15) is 35.4 Å². The van der Waals surface area contributed by atoms with Crippen molar-refractivity contribution in [2.75, 3.05) is 13.2 Å². The van der Waals surface area contributed by atoms with E-state index in [1.807, 2.05) is 0 Å². The fourth-order valence-electron chi connectivity index (χ4n) is 8.80. The molecule has 10 heteroatoms. The first-order valence-corrected chi connectivity index (χ1v) is 25.9. The number of nitrogens with one attached hydrogen (secondary N) is 1. The van der Waals surface area contributed by atoms with E-state index in [-0.39, 0.29) is 18.9 Å². The number of benzene rings is 1. The van der Waals surface area contributed by atoms with Crippen LogP contribution in [0.5, 0.6) is 0 Å². The van der Waals surface area contributed by atoms with E-state index in [2.05, 4.69) is 43.4 Å². The second kappa shape index (κ2) is 37.6. The fraction of sp³-hybridized carbons (Fsp3) is 0.865. The van der Waals surface area contributed by atoms with Crippen molar-refractivity contribution in [3.63, 3.8) is 0 Å². The molecule has 0 saturated carbocycles. The van der Waals surface area contributed by atoms with Crippen LogP contribution in [-0.2, 0) is 27.1 Å². The lowest BCUT2D eigenvalue weighted by atomic mass is 9.98. The maximum absolute atomic E-state index is 13.2. The molecule has 1 saturated heterocycles. The predicted molar refractivity (Wildman–Crippen MR) is 252 cm³/mol. The van der Waals surface area contributed by atoms with Crippen molar-refractivity contribution in [1.82, 2.24) is 5.32 Å². The first kappa shape index (κ1) is 56.5. The minimum atomic E-state index is -1.61. The number of aliphatic hydroxyl groups is 6. The molecule has 1 fully saturated rings. The molecule has 8 atom stereocenters. The third-order valence-electron chi connectivity index (χ3n) is 13.0. The van der Waals surface area contributed by atoms with Gasteiger partial charge >= 0.3 is 0 Å². The van der Waals surface area contributed by atoms with E-state index in [4.69, 9.17) is 9.47 Å². The van der Waals surface area contributed by atoms with Gasteiger partial charge in [-0.2, -0.15) is 0 Å². The van der Waals surface area contributed by atoms with Crippen LogP contribution in [0.4, 0.5) is 0 Å². The molecule has 0 aliphatic carbocycles. The first-order chi connectivity index (χ1) is 30.2. The van der Waals surface area contributed by atoms with Gasteiger partial charge in [-0.15, -0.1) is 0 Å². The summed E-state index contributed by atoms with van der Waals surface area (Å²) < 4.78 is 11.2. The van der Waals surface area contributed by atoms with Crippen molar-refractivity contribution in [2.45, 2.75) is 275 Å². The standard InChI is InChI=1S/C52H95NO9/c1-3-5-7-9-11-13-15-17-18-19-21-23-25-28-33-42-35-32-36-43(39-42)34-29-27-31-38-47(56)53-44(41-61-52-51(60)50(59)49(58)46(40-54)62-52)48(57)45(55)37-30-26-24-22-20-16-14-12-10-8-6-4-2/h32,35-36,39,44-46,48-52,54-55,57-60H,3-31,33-34,37-38,40-41H2,1-2H3,(H,53,56)/t44-,45+,46+,48-,49-,50-,51+,52-/m0/s1. The summed E-state index contributed by atoms with van der Waals surface area (Å²) in [7, 11) is 0. The number of unbranched alkanes of at least 4 members (excludes halogenated alkanes) is 26. The summed E-state index contributed by atoms with van der Waals surface area (Å²) in [6, 6.07) is 7.90. The van der Waals surface area contributed by atoms with E-state index in [1.165, 1.54) is 152 Å². The summed E-state index contributed by atoms with van der Waals surface area (Å²) >= 11 is 0. The molecule has 2 rings (SSSR count). The Morgan fingerprint density at radius 2 is 1.05 bits per heavy atom. The second-order valence-corrected chi connectivity index (χ2v) is 18.7. The fourth-order valence-corrected chi connectivity index (χ4v) is 8.80. The largest absolute Gasteiger partial charge is 0.394 e. The quantitative estimate of drug-likeness (QED) is 0.0317. The van der Waals surface area contributed by atoms with E-state index in [0.717, 1.165) is 51.4 Å². The third kappa shape index (κ3) is 26.4. The van der Waals surface area contributed by atoms with Crippen molar-refractivity contribution in [2.24, 2.45) is 0 Å². The van der Waals surface area contributed by atoms with Crippen LogP contribution < -0.4 is 5.32 Å². The van der Waals surface area contributed by atoms with Crippen LogP contribution in [0.3, 0.4) is 0 Å². The van der Waals surface area contributed by atoms with E-state index in [0.29, 0.717) is 12.8 Å². The van der Waals surface area contributed by atoms with Crippen LogP contribution in [0.25, 0.3) is 0 Å². The van der Waals surface area contributed by atoms with Gasteiger partial charge < -0.3 is 45.4 Å². The van der Waals surface area contributed by atoms with Gasteiger partial charge in [0.05, 0.1) is 25.4 Å². The zero-order valence-corrected chi connectivity index (χ0v) is 39.6. The van der Waals surface area contributed by atoms with Crippen molar-refractivity contribution in [3.05, 3.63) is 35.4 Å². The third-order valence-corrected chi connectivity index (χ3v) is 13.0. The summed E-state index contributed by atoms with van der Waals surface area (Å²) in [6.45, 7) is 3.60. The number of rotatable bonds is 41. The van der Waals surface area contributed by atoms with Gasteiger partial charge in [0, 0.05) is 6.42 Å². The maximum atomic E-state index is 13.2. The molecule has 1 aromatic carbocycles. The average Bonchev–Trinajstić information content (AvgIpc) is 3.27. The van der Waals surface area contributed by atoms with Crippen molar-refractivity contribution >= 4 is 5.91 Å². The maximum Gasteiger partial charge on any atom is 0.220 e. The topological polar surface area (TPSA) is 169 Å². The predicted octanol–water partition coefficient (Wildman–Crippen LogP) is 9.93. The van der Waals surface area contributed by atoms with Crippen LogP contribution in [0.2, 0.25) is 0 Å². The second-order valence-electron chi connectivity index (χ2n) is 18.7. The van der Waals surface area contributed by atoms with Crippen LogP contribution >= 0.6 is 0 Å². The van der Waals surface area contributed by atoms with Crippen LogP contribution in [0, 0.1) is 0 Å². The summed E-state index contributed by atoms with van der Waals surface area (Å²) in [6.07, 6.45) is 28.8. The first-order valence-electron chi connectivity index (χ1n) is 25.9. The minimum Gasteiger partial charge on any atom is -0.394 e. The Kier molecular flexibility index (Phi) is 34.2. The number of carbonyl (C=O) groups excluding carboxylic acids is 1. The van der Waals surface area contributed by atoms with Crippen molar-refractivity contribution in [3.8, 4) is 0 Å². The highest BCUT2D eigenvalue weighted by Gasteiger charge is 2.44. The number of aliphatic hydroxyl groups excluding tert-OH is 6. The van der Waals surface area contributed by atoms with Gasteiger partial charge in [0.1, 0.15) is 30.5 Å². The van der Waals surface area contributed by atoms with Crippen molar-refractivity contribution < 1.29 is 44.9 Å². The number of hydrogen-bond donors (Lipinski definition) is 7. The van der Waals surface area contributed by atoms with Crippen molar-refractivity contribution in [1.29, 1.82) is 0 Å². The molecule has 1 aliphatic rings. The number of ether oxygens (including phenoxy) is 2. The molecule has 362 valence electrons. The molecule has 0 aromatic heterocycles. The molecule has 0 spiro atoms. The Balaban J connectivity index is 1.71. The minimum absolute atomic E-state index is 0.247. The Labute approximate surface area is 378 Å². The normalized spacial score (nSPS) is 20.6. The summed E-state index contributed by atoms with van der Waals surface area (Å²) in [4.78, 5) is 13.2. The molecule has 62 heavy (non-hydrogen) atoms. The van der Waals surface area contributed by atoms with E-state index >= 15 is 0 Å². The Bertz CT molecular complexity index is 1190. The number of carbonyl (C=O) groups is 1. The molecule has 1 amide bonds. The van der Waals surface area contributed by atoms with Crippen LogP contribution in [0.15, 0.2) is 24.3 Å². The number of amides is 1. The molecule has 0 bridgehead atoms. The number of aryl methyl sites for hydroxylation is 2. The molecule has 0 unspecified atom stereocenters. The highest BCUT2D eigenvalue weighted by molar-refractivity contribution is 5.76. The monoisotopic (exact) mass is 878 g/mol. The summed E-state index contributed by atoms with van der Waals surface area (Å²) in [5, 5.41) is 65.5. The lowest BCUT2D eigenvalue weighted by Gasteiger charge is -2.40. The number of hydrogen-bond acceptors (Lipinski definition) is 9. The molecule has 1 aromatic rings.